The minimum atomic E-state index is -0.994. The Morgan fingerprint density at radius 1 is 0.898 bits per heavy atom. The van der Waals surface area contributed by atoms with Crippen LogP contribution in [0.15, 0.2) is 18.6 Å². The van der Waals surface area contributed by atoms with Crippen molar-refractivity contribution >= 4 is 35.3 Å². The Bertz CT molecular complexity index is 1390. The number of ketones is 1. The van der Waals surface area contributed by atoms with Crippen LogP contribution < -0.4 is 21.3 Å². The van der Waals surface area contributed by atoms with Crippen molar-refractivity contribution in [2.45, 2.75) is 135 Å². The zero-order valence-electron chi connectivity index (χ0n) is 29.3. The van der Waals surface area contributed by atoms with E-state index < -0.39 is 59.0 Å². The number of likely N-dealkylation sites (tertiary alicyclic amines) is 1. The number of rotatable bonds is 13. The van der Waals surface area contributed by atoms with E-state index in [9.17, 15) is 28.8 Å². The van der Waals surface area contributed by atoms with E-state index in [0.717, 1.165) is 64.2 Å². The highest BCUT2D eigenvalue weighted by molar-refractivity contribution is 6.38. The fourth-order valence-electron chi connectivity index (χ4n) is 7.87. The Hall–Kier alpha value is -3.90. The average molecular weight is 680 g/mol. The molecule has 268 valence electrons. The van der Waals surface area contributed by atoms with Crippen LogP contribution in [0.4, 0.5) is 0 Å². The summed E-state index contributed by atoms with van der Waals surface area (Å²) in [4.78, 5) is 91.4. The van der Waals surface area contributed by atoms with Crippen molar-refractivity contribution < 1.29 is 28.8 Å². The van der Waals surface area contributed by atoms with Gasteiger partial charge in [0, 0.05) is 25.0 Å². The Balaban J connectivity index is 1.36. The summed E-state index contributed by atoms with van der Waals surface area (Å²) < 4.78 is 0. The summed E-state index contributed by atoms with van der Waals surface area (Å²) in [5.41, 5.74) is -0.638. The van der Waals surface area contributed by atoms with Crippen LogP contribution in [0.1, 0.15) is 115 Å². The molecule has 1 aromatic heterocycles. The molecule has 6 atom stereocenters. The molecule has 13 nitrogen and oxygen atoms in total. The minimum absolute atomic E-state index is 0.0132. The lowest BCUT2D eigenvalue weighted by atomic mass is 9.82. The summed E-state index contributed by atoms with van der Waals surface area (Å²) in [6.07, 6.45) is 13.9. The van der Waals surface area contributed by atoms with E-state index in [2.05, 4.69) is 31.2 Å². The maximum Gasteiger partial charge on any atom is 0.289 e. The zero-order chi connectivity index (χ0) is 35.3. The molecule has 0 spiro atoms. The first-order valence-corrected chi connectivity index (χ1v) is 18.2. The third-order valence-corrected chi connectivity index (χ3v) is 10.7. The molecule has 4 N–H and O–H groups in total. The molecular weight excluding hydrogens is 626 g/mol. The van der Waals surface area contributed by atoms with Crippen molar-refractivity contribution in [1.82, 2.24) is 36.1 Å². The second-order valence-corrected chi connectivity index (χ2v) is 15.5. The molecule has 5 rings (SSSR count). The van der Waals surface area contributed by atoms with Crippen molar-refractivity contribution in [2.75, 3.05) is 6.54 Å². The van der Waals surface area contributed by atoms with E-state index in [0.29, 0.717) is 19.4 Å². The molecule has 2 heterocycles. The smallest absolute Gasteiger partial charge is 0.289 e. The van der Waals surface area contributed by atoms with Crippen LogP contribution in [-0.4, -0.2) is 86.9 Å². The van der Waals surface area contributed by atoms with Gasteiger partial charge in [0.15, 0.2) is 0 Å². The monoisotopic (exact) mass is 679 g/mol. The van der Waals surface area contributed by atoms with Crippen LogP contribution in [0.5, 0.6) is 0 Å². The summed E-state index contributed by atoms with van der Waals surface area (Å²) in [5, 5.41) is 11.5. The first-order valence-electron chi connectivity index (χ1n) is 18.2. The molecule has 4 fully saturated rings. The number of hydrogen-bond acceptors (Lipinski definition) is 8. The number of nitrogens with one attached hydrogen (secondary N) is 4. The lowest BCUT2D eigenvalue weighted by Gasteiger charge is -2.38. The predicted octanol–water partition coefficient (Wildman–Crippen LogP) is 2.45. The minimum Gasteiger partial charge on any atom is -0.347 e. The number of aromatic nitrogens is 2. The zero-order valence-corrected chi connectivity index (χ0v) is 29.3. The van der Waals surface area contributed by atoms with Crippen LogP contribution in [-0.2, 0) is 24.0 Å². The first kappa shape index (κ1) is 36.4. The largest absolute Gasteiger partial charge is 0.347 e. The van der Waals surface area contributed by atoms with Crippen LogP contribution in [0.2, 0.25) is 0 Å². The maximum atomic E-state index is 14.6. The standard InChI is InChI=1S/C36H53N7O6/c1-5-10-25(29(44)34(48)39-23-15-16-23)40-33(47)28-24-14-9-13-22(24)20-43(28)35(49)30(36(2,3)4)42-32(46)27(21-11-7-6-8-12-21)41-31(45)26-19-37-17-18-38-26/h17-19,21-25,27-28,30H,5-16,20H2,1-4H3,(H,39,48)(H,40,47)(H,41,45)(H,42,46)/t22?,24-,25+,27-,28?,30+/m0/s1. The highest BCUT2D eigenvalue weighted by atomic mass is 16.2. The summed E-state index contributed by atoms with van der Waals surface area (Å²) >= 11 is 0. The summed E-state index contributed by atoms with van der Waals surface area (Å²) in [5.74, 6) is -3.20. The van der Waals surface area contributed by atoms with E-state index in [1.54, 1.807) is 4.90 Å². The van der Waals surface area contributed by atoms with Crippen molar-refractivity contribution in [3.05, 3.63) is 24.3 Å². The second kappa shape index (κ2) is 15.8. The number of amides is 5. The Morgan fingerprint density at radius 3 is 2.27 bits per heavy atom. The molecule has 0 radical (unpaired) electrons. The van der Waals surface area contributed by atoms with Gasteiger partial charge in [-0.15, -0.1) is 0 Å². The van der Waals surface area contributed by atoms with E-state index in [1.165, 1.54) is 18.6 Å². The molecule has 1 saturated heterocycles. The van der Waals surface area contributed by atoms with E-state index >= 15 is 0 Å². The molecule has 4 aliphatic rings. The molecule has 5 amide bonds. The van der Waals surface area contributed by atoms with Crippen molar-refractivity contribution in [3.63, 3.8) is 0 Å². The molecule has 49 heavy (non-hydrogen) atoms. The number of Topliss-reactive ketones (excluding diaryl/α,β-unsaturated/α-hetero) is 1. The normalized spacial score (nSPS) is 24.2. The van der Waals surface area contributed by atoms with E-state index in [4.69, 9.17) is 0 Å². The van der Waals surface area contributed by atoms with Gasteiger partial charge in [-0.3, -0.25) is 33.8 Å². The lowest BCUT2D eigenvalue weighted by Crippen LogP contribution is -2.62. The Labute approximate surface area is 288 Å². The highest BCUT2D eigenvalue weighted by Gasteiger charge is 2.52. The quantitative estimate of drug-likeness (QED) is 0.230. The third-order valence-electron chi connectivity index (χ3n) is 10.7. The number of hydrogen-bond donors (Lipinski definition) is 4. The Kier molecular flexibility index (Phi) is 11.7. The van der Waals surface area contributed by atoms with Crippen molar-refractivity contribution in [1.29, 1.82) is 0 Å². The van der Waals surface area contributed by atoms with Gasteiger partial charge in [0.1, 0.15) is 23.8 Å². The van der Waals surface area contributed by atoms with Gasteiger partial charge in [-0.2, -0.15) is 0 Å². The summed E-state index contributed by atoms with van der Waals surface area (Å²) in [6, 6.07) is -3.68. The molecule has 2 unspecified atom stereocenters. The van der Waals surface area contributed by atoms with Gasteiger partial charge in [0.05, 0.1) is 12.2 Å². The maximum absolute atomic E-state index is 14.6. The molecule has 3 aliphatic carbocycles. The number of fused-ring (bicyclic) bond motifs is 1. The summed E-state index contributed by atoms with van der Waals surface area (Å²) in [7, 11) is 0. The lowest BCUT2D eigenvalue weighted by molar-refractivity contribution is -0.146. The molecule has 1 aliphatic heterocycles. The van der Waals surface area contributed by atoms with Gasteiger partial charge in [-0.05, 0) is 68.1 Å². The number of nitrogens with zero attached hydrogens (tertiary/aromatic N) is 3. The third kappa shape index (κ3) is 8.83. The van der Waals surface area contributed by atoms with E-state index in [-0.39, 0.29) is 35.4 Å². The average Bonchev–Trinajstić information content (AvgIpc) is 3.65. The molecule has 13 heteroatoms. The van der Waals surface area contributed by atoms with Gasteiger partial charge in [0.25, 0.3) is 11.8 Å². The highest BCUT2D eigenvalue weighted by Crippen LogP contribution is 2.43. The van der Waals surface area contributed by atoms with Gasteiger partial charge in [0.2, 0.25) is 23.5 Å². The predicted molar refractivity (Wildman–Crippen MR) is 181 cm³/mol. The van der Waals surface area contributed by atoms with Crippen LogP contribution in [0, 0.1) is 23.2 Å². The number of carbonyl (C=O) groups is 6. The fourth-order valence-corrected chi connectivity index (χ4v) is 7.87. The molecular formula is C36H53N7O6. The molecule has 0 bridgehead atoms. The topological polar surface area (TPSA) is 180 Å². The fraction of sp³-hybridized carbons (Fsp3) is 0.722. The van der Waals surface area contributed by atoms with Crippen LogP contribution in [0.25, 0.3) is 0 Å². The van der Waals surface area contributed by atoms with Gasteiger partial charge in [-0.1, -0.05) is 59.8 Å². The second-order valence-electron chi connectivity index (χ2n) is 15.5. The van der Waals surface area contributed by atoms with Gasteiger partial charge in [-0.25, -0.2) is 4.98 Å². The first-order chi connectivity index (χ1) is 23.4. The van der Waals surface area contributed by atoms with E-state index in [1.807, 2.05) is 27.7 Å². The SMILES string of the molecule is CCC[C@@H](NC(=O)C1[C@H]2CCCC2CN1C(=O)[C@@H](NC(=O)[C@@H](NC(=O)c1cnccn1)C1CCCCC1)C(C)(C)C)C(=O)C(=O)NC1CC1. The number of carbonyl (C=O) groups excluding carboxylic acids is 6. The van der Waals surface area contributed by atoms with Crippen LogP contribution >= 0.6 is 0 Å². The molecule has 0 aromatic carbocycles. The van der Waals surface area contributed by atoms with Crippen molar-refractivity contribution in [3.8, 4) is 0 Å². The van der Waals surface area contributed by atoms with Crippen LogP contribution in [0.3, 0.4) is 0 Å². The summed E-state index contributed by atoms with van der Waals surface area (Å²) in [6.45, 7) is 7.85. The van der Waals surface area contributed by atoms with Gasteiger partial charge < -0.3 is 26.2 Å². The molecule has 3 saturated carbocycles. The molecule has 1 aromatic rings. The Morgan fingerprint density at radius 2 is 1.63 bits per heavy atom. The van der Waals surface area contributed by atoms with Crippen molar-refractivity contribution in [2.24, 2.45) is 23.2 Å². The van der Waals surface area contributed by atoms with Gasteiger partial charge >= 0.3 is 0 Å².